The van der Waals surface area contributed by atoms with Crippen LogP contribution in [0.5, 0.6) is 0 Å². The summed E-state index contributed by atoms with van der Waals surface area (Å²) in [6, 6.07) is 7.40. The second-order valence-electron chi connectivity index (χ2n) is 8.11. The Labute approximate surface area is 142 Å². The number of halogens is 1. The van der Waals surface area contributed by atoms with Crippen LogP contribution in [0.1, 0.15) is 51.0 Å². The van der Waals surface area contributed by atoms with E-state index in [0.717, 1.165) is 17.8 Å². The lowest BCUT2D eigenvalue weighted by Gasteiger charge is -2.59. The summed E-state index contributed by atoms with van der Waals surface area (Å²) in [6.45, 7) is 4.68. The molecule has 1 nitrogen and oxygen atoms in total. The molecular formula is C19H26IN. The first-order valence-corrected chi connectivity index (χ1v) is 9.65. The molecule has 0 aromatic heterocycles. The fourth-order valence-corrected chi connectivity index (χ4v) is 6.53. The third-order valence-electron chi connectivity index (χ3n) is 6.56. The molecule has 5 rings (SSSR count). The Hall–Kier alpha value is -0.250. The molecule has 0 aliphatic heterocycles. The molecule has 0 amide bonds. The van der Waals surface area contributed by atoms with E-state index in [9.17, 15) is 0 Å². The zero-order chi connectivity index (χ0) is 14.6. The predicted octanol–water partition coefficient (Wildman–Crippen LogP) is 5.62. The van der Waals surface area contributed by atoms with E-state index in [2.05, 4.69) is 60.0 Å². The van der Waals surface area contributed by atoms with E-state index in [-0.39, 0.29) is 0 Å². The number of anilines is 1. The molecule has 1 aromatic rings. The summed E-state index contributed by atoms with van der Waals surface area (Å²) in [5.41, 5.74) is 3.32. The number of hydrogen-bond donors (Lipinski definition) is 1. The summed E-state index contributed by atoms with van der Waals surface area (Å²) in [4.78, 5) is 0. The molecule has 114 valence electrons. The Morgan fingerprint density at radius 1 is 1.10 bits per heavy atom. The fourth-order valence-electron chi connectivity index (χ4n) is 5.88. The van der Waals surface area contributed by atoms with E-state index in [0.29, 0.717) is 11.5 Å². The van der Waals surface area contributed by atoms with Gasteiger partial charge in [0.15, 0.2) is 0 Å². The summed E-state index contributed by atoms with van der Waals surface area (Å²) in [7, 11) is 0. The number of nitrogens with one attached hydrogen (secondary N) is 1. The topological polar surface area (TPSA) is 12.0 Å². The first kappa shape index (κ1) is 14.3. The normalized spacial score (nSPS) is 38.5. The van der Waals surface area contributed by atoms with Gasteiger partial charge in [0.25, 0.3) is 0 Å². The van der Waals surface area contributed by atoms with Gasteiger partial charge in [0.05, 0.1) is 0 Å². The van der Waals surface area contributed by atoms with Crippen molar-refractivity contribution in [1.82, 2.24) is 0 Å². The third-order valence-corrected chi connectivity index (χ3v) is 7.24. The van der Waals surface area contributed by atoms with Crippen LogP contribution in [0.15, 0.2) is 18.2 Å². The van der Waals surface area contributed by atoms with E-state index in [4.69, 9.17) is 0 Å². The molecule has 4 bridgehead atoms. The maximum absolute atomic E-state index is 3.89. The van der Waals surface area contributed by atoms with Crippen LogP contribution < -0.4 is 5.32 Å². The lowest BCUT2D eigenvalue weighted by atomic mass is 9.48. The van der Waals surface area contributed by atoms with Crippen molar-refractivity contribution < 1.29 is 0 Å². The second kappa shape index (κ2) is 5.14. The van der Waals surface area contributed by atoms with Crippen LogP contribution in [0.3, 0.4) is 0 Å². The van der Waals surface area contributed by atoms with Crippen molar-refractivity contribution >= 4 is 28.3 Å². The quantitative estimate of drug-likeness (QED) is 0.656. The van der Waals surface area contributed by atoms with Gasteiger partial charge in [0.2, 0.25) is 0 Å². The second-order valence-corrected chi connectivity index (χ2v) is 9.35. The monoisotopic (exact) mass is 395 g/mol. The maximum Gasteiger partial charge on any atom is 0.0372 e. The predicted molar refractivity (Wildman–Crippen MR) is 97.6 cm³/mol. The SMILES string of the molecule is Cc1cc(I)ccc1NC(C)C12CC3CC(CC(C3)C1)C2. The minimum atomic E-state index is 0.587. The number of aryl methyl sites for hydroxylation is 1. The van der Waals surface area contributed by atoms with Crippen molar-refractivity contribution in [2.45, 2.75) is 58.4 Å². The number of benzene rings is 1. The molecule has 0 heterocycles. The third kappa shape index (κ3) is 2.51. The van der Waals surface area contributed by atoms with Gasteiger partial charge in [-0.25, -0.2) is 0 Å². The van der Waals surface area contributed by atoms with Crippen LogP contribution in [0.4, 0.5) is 5.69 Å². The molecule has 1 aromatic carbocycles. The van der Waals surface area contributed by atoms with Crippen molar-refractivity contribution in [3.8, 4) is 0 Å². The first-order valence-electron chi connectivity index (χ1n) is 8.57. The van der Waals surface area contributed by atoms with Gasteiger partial charge < -0.3 is 5.32 Å². The van der Waals surface area contributed by atoms with Gasteiger partial charge >= 0.3 is 0 Å². The number of hydrogen-bond acceptors (Lipinski definition) is 1. The van der Waals surface area contributed by atoms with E-state index >= 15 is 0 Å². The highest BCUT2D eigenvalue weighted by molar-refractivity contribution is 14.1. The Balaban J connectivity index is 1.56. The number of rotatable bonds is 3. The molecule has 1 N–H and O–H groups in total. The zero-order valence-corrected chi connectivity index (χ0v) is 15.3. The molecule has 1 unspecified atom stereocenters. The Kier molecular flexibility index (Phi) is 3.51. The van der Waals surface area contributed by atoms with Crippen LogP contribution in [-0.4, -0.2) is 6.04 Å². The van der Waals surface area contributed by atoms with E-state index in [1.807, 2.05) is 0 Å². The molecule has 4 fully saturated rings. The van der Waals surface area contributed by atoms with Crippen molar-refractivity contribution in [2.75, 3.05) is 5.32 Å². The van der Waals surface area contributed by atoms with E-state index in [1.165, 1.54) is 53.3 Å². The molecule has 0 spiro atoms. The van der Waals surface area contributed by atoms with Crippen LogP contribution in [0.2, 0.25) is 0 Å². The molecule has 1 atom stereocenters. The average molecular weight is 395 g/mol. The average Bonchev–Trinajstić information content (AvgIpc) is 2.40. The summed E-state index contributed by atoms with van der Waals surface area (Å²) >= 11 is 2.40. The highest BCUT2D eigenvalue weighted by atomic mass is 127. The molecule has 4 aliphatic rings. The lowest BCUT2D eigenvalue weighted by molar-refractivity contribution is -0.0602. The molecule has 0 radical (unpaired) electrons. The van der Waals surface area contributed by atoms with Gasteiger partial charge in [0, 0.05) is 15.3 Å². The zero-order valence-electron chi connectivity index (χ0n) is 13.2. The lowest BCUT2D eigenvalue weighted by Crippen LogP contribution is -2.52. The van der Waals surface area contributed by atoms with Gasteiger partial charge in [-0.15, -0.1) is 0 Å². The van der Waals surface area contributed by atoms with Gasteiger partial charge in [-0.3, -0.25) is 0 Å². The van der Waals surface area contributed by atoms with Gasteiger partial charge in [-0.05, 0) is 122 Å². The van der Waals surface area contributed by atoms with Crippen molar-refractivity contribution in [3.05, 3.63) is 27.3 Å². The molecule has 4 aliphatic carbocycles. The van der Waals surface area contributed by atoms with Crippen LogP contribution in [-0.2, 0) is 0 Å². The van der Waals surface area contributed by atoms with Crippen molar-refractivity contribution in [2.24, 2.45) is 23.2 Å². The Morgan fingerprint density at radius 2 is 1.67 bits per heavy atom. The summed E-state index contributed by atoms with van der Waals surface area (Å²) in [5, 5.41) is 3.89. The smallest absolute Gasteiger partial charge is 0.0372 e. The van der Waals surface area contributed by atoms with Crippen LogP contribution in [0, 0.1) is 33.7 Å². The highest BCUT2D eigenvalue weighted by Gasteiger charge is 2.53. The van der Waals surface area contributed by atoms with Crippen molar-refractivity contribution in [3.63, 3.8) is 0 Å². The minimum Gasteiger partial charge on any atom is -0.382 e. The van der Waals surface area contributed by atoms with Crippen molar-refractivity contribution in [1.29, 1.82) is 0 Å². The van der Waals surface area contributed by atoms with E-state index < -0.39 is 0 Å². The maximum atomic E-state index is 3.89. The van der Waals surface area contributed by atoms with E-state index in [1.54, 1.807) is 0 Å². The van der Waals surface area contributed by atoms with Gasteiger partial charge in [0.1, 0.15) is 0 Å². The molecule has 4 saturated carbocycles. The van der Waals surface area contributed by atoms with Crippen LogP contribution >= 0.6 is 22.6 Å². The minimum absolute atomic E-state index is 0.587. The highest BCUT2D eigenvalue weighted by Crippen LogP contribution is 2.61. The Bertz CT molecular complexity index is 515. The summed E-state index contributed by atoms with van der Waals surface area (Å²) < 4.78 is 1.33. The summed E-state index contributed by atoms with van der Waals surface area (Å²) in [5.74, 6) is 3.12. The molecule has 0 saturated heterocycles. The first-order chi connectivity index (χ1) is 10.0. The largest absolute Gasteiger partial charge is 0.382 e. The molecule has 21 heavy (non-hydrogen) atoms. The molecule has 2 heteroatoms. The standard InChI is InChI=1S/C19H26IN/c1-12-5-17(20)3-4-18(12)21-13(2)19-9-14-6-15(10-19)8-16(7-14)11-19/h3-5,13-16,21H,6-11H2,1-2H3. The fraction of sp³-hybridized carbons (Fsp3) is 0.684. The van der Waals surface area contributed by atoms with Gasteiger partial charge in [-0.1, -0.05) is 0 Å². The molecular weight excluding hydrogens is 369 g/mol. The van der Waals surface area contributed by atoms with Gasteiger partial charge in [-0.2, -0.15) is 0 Å². The van der Waals surface area contributed by atoms with Crippen LogP contribution in [0.25, 0.3) is 0 Å². The summed E-state index contributed by atoms with van der Waals surface area (Å²) in [6.07, 6.45) is 9.06. The Morgan fingerprint density at radius 3 is 2.19 bits per heavy atom.